The van der Waals surface area contributed by atoms with Crippen LogP contribution in [0.4, 0.5) is 5.69 Å². The number of anilines is 1. The van der Waals surface area contributed by atoms with Gasteiger partial charge in [0.1, 0.15) is 0 Å². The Hall–Kier alpha value is -2.08. The highest BCUT2D eigenvalue weighted by Gasteiger charge is 2.41. The zero-order valence-corrected chi connectivity index (χ0v) is 16.2. The molecule has 1 N–H and O–H groups in total. The second-order valence-corrected chi connectivity index (χ2v) is 8.31. The van der Waals surface area contributed by atoms with E-state index in [0.29, 0.717) is 13.0 Å². The molecule has 0 saturated carbocycles. The van der Waals surface area contributed by atoms with Crippen molar-refractivity contribution in [1.29, 1.82) is 0 Å². The van der Waals surface area contributed by atoms with Crippen LogP contribution in [-0.4, -0.2) is 73.0 Å². The van der Waals surface area contributed by atoms with E-state index < -0.39 is 0 Å². The summed E-state index contributed by atoms with van der Waals surface area (Å²) in [6.45, 7) is 7.95. The highest BCUT2D eigenvalue weighted by atomic mass is 16.2. The number of piperidine rings is 1. The summed E-state index contributed by atoms with van der Waals surface area (Å²) in [7, 11) is 0. The molecule has 0 radical (unpaired) electrons. The number of rotatable bonds is 3. The third kappa shape index (κ3) is 4.10. The maximum Gasteiger partial charge on any atom is 0.236 e. The Morgan fingerprint density at radius 3 is 2.44 bits per heavy atom. The monoisotopic (exact) mass is 370 g/mol. The quantitative estimate of drug-likeness (QED) is 0.874. The Labute approximate surface area is 161 Å². The molecule has 3 aliphatic rings. The summed E-state index contributed by atoms with van der Waals surface area (Å²) < 4.78 is 0. The molecule has 3 saturated heterocycles. The fraction of sp³-hybridized carbons (Fsp3) is 0.619. The van der Waals surface area contributed by atoms with Gasteiger partial charge in [-0.3, -0.25) is 14.5 Å². The predicted molar refractivity (Wildman–Crippen MR) is 106 cm³/mol. The van der Waals surface area contributed by atoms with Crippen molar-refractivity contribution in [2.45, 2.75) is 38.1 Å². The van der Waals surface area contributed by atoms with Gasteiger partial charge in [-0.1, -0.05) is 12.1 Å². The smallest absolute Gasteiger partial charge is 0.236 e. The van der Waals surface area contributed by atoms with Crippen molar-refractivity contribution in [3.05, 3.63) is 29.8 Å². The number of nitrogens with zero attached hydrogens (tertiary/aromatic N) is 3. The summed E-state index contributed by atoms with van der Waals surface area (Å²) >= 11 is 0. The second-order valence-electron chi connectivity index (χ2n) is 8.31. The number of likely N-dealkylation sites (tertiary alicyclic amines) is 1. The average Bonchev–Trinajstić information content (AvgIpc) is 3.03. The number of carbonyl (C=O) groups excluding carboxylic acids is 2. The minimum atomic E-state index is -0.0344. The fourth-order valence-electron chi connectivity index (χ4n) is 4.61. The van der Waals surface area contributed by atoms with Crippen LogP contribution in [0.3, 0.4) is 0 Å². The first kappa shape index (κ1) is 18.3. The molecule has 0 aromatic heterocycles. The summed E-state index contributed by atoms with van der Waals surface area (Å²) in [6, 6.07) is 8.62. The van der Waals surface area contributed by atoms with Crippen LogP contribution < -0.4 is 10.2 Å². The van der Waals surface area contributed by atoms with Gasteiger partial charge >= 0.3 is 0 Å². The lowest BCUT2D eigenvalue weighted by Crippen LogP contribution is -2.55. The number of aryl methyl sites for hydroxylation is 1. The van der Waals surface area contributed by atoms with Gasteiger partial charge in [0.25, 0.3) is 0 Å². The van der Waals surface area contributed by atoms with E-state index in [0.717, 1.165) is 58.5 Å². The summed E-state index contributed by atoms with van der Waals surface area (Å²) in [5, 5.41) is 3.14. The van der Waals surface area contributed by atoms with Crippen LogP contribution in [0.25, 0.3) is 0 Å². The lowest BCUT2D eigenvalue weighted by molar-refractivity contribution is -0.134. The summed E-state index contributed by atoms with van der Waals surface area (Å²) in [5.41, 5.74) is 2.53. The lowest BCUT2D eigenvalue weighted by atomic mass is 9.86. The van der Waals surface area contributed by atoms with Gasteiger partial charge in [-0.2, -0.15) is 0 Å². The number of benzene rings is 1. The van der Waals surface area contributed by atoms with E-state index in [2.05, 4.69) is 46.3 Å². The maximum absolute atomic E-state index is 12.7. The summed E-state index contributed by atoms with van der Waals surface area (Å²) in [5.74, 6) is 0.402. The molecular formula is C21H30N4O2. The molecule has 0 unspecified atom stereocenters. The molecule has 1 aromatic carbocycles. The lowest BCUT2D eigenvalue weighted by Gasteiger charge is -2.41. The number of hydrogen-bond acceptors (Lipinski definition) is 4. The first-order valence-corrected chi connectivity index (χ1v) is 10.2. The molecule has 3 aliphatic heterocycles. The highest BCUT2D eigenvalue weighted by Crippen LogP contribution is 2.31. The Morgan fingerprint density at radius 2 is 1.81 bits per heavy atom. The fourth-order valence-corrected chi connectivity index (χ4v) is 4.61. The van der Waals surface area contributed by atoms with Crippen LogP contribution in [0, 0.1) is 6.92 Å². The van der Waals surface area contributed by atoms with Crippen molar-refractivity contribution in [1.82, 2.24) is 15.1 Å². The summed E-state index contributed by atoms with van der Waals surface area (Å²) in [4.78, 5) is 30.9. The number of piperazine rings is 1. The van der Waals surface area contributed by atoms with Gasteiger partial charge in [0, 0.05) is 56.9 Å². The summed E-state index contributed by atoms with van der Waals surface area (Å²) in [6.07, 6.45) is 3.35. The normalized spacial score (nSPS) is 22.9. The molecule has 1 aromatic rings. The SMILES string of the molecule is Cc1cccc(N2CCN(CC(=O)N3CCC4(CCC(=O)N4)CC3)CC2)c1. The molecule has 0 atom stereocenters. The number of amides is 2. The van der Waals surface area contributed by atoms with Crippen molar-refractivity contribution in [2.75, 3.05) is 50.7 Å². The van der Waals surface area contributed by atoms with Gasteiger partial charge in [0.15, 0.2) is 0 Å². The topological polar surface area (TPSA) is 55.9 Å². The zero-order chi connectivity index (χ0) is 18.9. The Kier molecular flexibility index (Phi) is 5.08. The third-order valence-electron chi connectivity index (χ3n) is 6.41. The number of nitrogens with one attached hydrogen (secondary N) is 1. The van der Waals surface area contributed by atoms with Gasteiger partial charge in [-0.15, -0.1) is 0 Å². The molecule has 6 nitrogen and oxygen atoms in total. The molecule has 1 spiro atoms. The maximum atomic E-state index is 12.7. The Bertz CT molecular complexity index is 704. The first-order chi connectivity index (χ1) is 13.0. The molecule has 3 fully saturated rings. The second kappa shape index (κ2) is 7.50. The number of hydrogen-bond donors (Lipinski definition) is 1. The van der Waals surface area contributed by atoms with Crippen molar-refractivity contribution >= 4 is 17.5 Å². The van der Waals surface area contributed by atoms with Crippen molar-refractivity contribution in [2.24, 2.45) is 0 Å². The van der Waals surface area contributed by atoms with E-state index in [1.54, 1.807) is 0 Å². The van der Waals surface area contributed by atoms with Gasteiger partial charge in [-0.25, -0.2) is 0 Å². The molecule has 146 valence electrons. The van der Waals surface area contributed by atoms with E-state index in [-0.39, 0.29) is 17.4 Å². The molecule has 2 amide bonds. The molecular weight excluding hydrogens is 340 g/mol. The minimum Gasteiger partial charge on any atom is -0.369 e. The van der Waals surface area contributed by atoms with E-state index >= 15 is 0 Å². The number of carbonyl (C=O) groups is 2. The van der Waals surface area contributed by atoms with Gasteiger partial charge in [0.05, 0.1) is 6.54 Å². The van der Waals surface area contributed by atoms with Crippen molar-refractivity contribution in [3.63, 3.8) is 0 Å². The molecule has 0 bridgehead atoms. The Balaban J connectivity index is 1.24. The van der Waals surface area contributed by atoms with Gasteiger partial charge in [0.2, 0.25) is 11.8 Å². The zero-order valence-electron chi connectivity index (χ0n) is 16.2. The third-order valence-corrected chi connectivity index (χ3v) is 6.41. The van der Waals surface area contributed by atoms with Crippen LogP contribution in [0.1, 0.15) is 31.2 Å². The van der Waals surface area contributed by atoms with Crippen LogP contribution >= 0.6 is 0 Å². The molecule has 3 heterocycles. The molecule has 0 aliphatic carbocycles. The standard InChI is InChI=1S/C21H30N4O2/c1-17-3-2-4-18(15-17)24-13-11-23(12-14-24)16-20(27)25-9-7-21(8-10-25)6-5-19(26)22-21/h2-4,15H,5-14,16H2,1H3,(H,22,26). The first-order valence-electron chi connectivity index (χ1n) is 10.2. The van der Waals surface area contributed by atoms with E-state index in [1.165, 1.54) is 11.3 Å². The van der Waals surface area contributed by atoms with Crippen LogP contribution in [0.15, 0.2) is 24.3 Å². The predicted octanol–water partition coefficient (Wildman–Crippen LogP) is 1.39. The molecule has 6 heteroatoms. The van der Waals surface area contributed by atoms with Gasteiger partial charge in [-0.05, 0) is 43.9 Å². The minimum absolute atomic E-state index is 0.0344. The van der Waals surface area contributed by atoms with E-state index in [9.17, 15) is 9.59 Å². The Morgan fingerprint density at radius 1 is 1.07 bits per heavy atom. The van der Waals surface area contributed by atoms with Crippen molar-refractivity contribution < 1.29 is 9.59 Å². The van der Waals surface area contributed by atoms with E-state index in [4.69, 9.17) is 0 Å². The van der Waals surface area contributed by atoms with Crippen LogP contribution in [0.5, 0.6) is 0 Å². The van der Waals surface area contributed by atoms with Crippen LogP contribution in [-0.2, 0) is 9.59 Å². The molecule has 27 heavy (non-hydrogen) atoms. The molecule has 4 rings (SSSR count). The van der Waals surface area contributed by atoms with Crippen LogP contribution in [0.2, 0.25) is 0 Å². The van der Waals surface area contributed by atoms with Gasteiger partial charge < -0.3 is 15.1 Å². The average molecular weight is 370 g/mol. The van der Waals surface area contributed by atoms with Crippen molar-refractivity contribution in [3.8, 4) is 0 Å². The van der Waals surface area contributed by atoms with E-state index in [1.807, 2.05) is 4.90 Å². The highest BCUT2D eigenvalue weighted by molar-refractivity contribution is 5.80. The largest absolute Gasteiger partial charge is 0.369 e.